The van der Waals surface area contributed by atoms with Crippen LogP contribution in [-0.4, -0.2) is 24.2 Å². The van der Waals surface area contributed by atoms with Crippen molar-refractivity contribution in [1.82, 2.24) is 0 Å². The average Bonchev–Trinajstić information content (AvgIpc) is 1.76. The average molecular weight is 108 g/mol. The minimum absolute atomic E-state index is 0. The monoisotopic (exact) mass is 108 g/mol. The van der Waals surface area contributed by atoms with E-state index in [4.69, 9.17) is 4.74 Å². The van der Waals surface area contributed by atoms with Crippen LogP contribution in [0.5, 0.6) is 0 Å². The summed E-state index contributed by atoms with van der Waals surface area (Å²) in [5, 5.41) is 0. The first-order valence-electron chi connectivity index (χ1n) is 2.08. The fourth-order valence-corrected chi connectivity index (χ4v) is 0.510. The van der Waals surface area contributed by atoms with Gasteiger partial charge in [0.1, 0.15) is 0 Å². The number of hydrogen-bond donors (Lipinski definition) is 0. The van der Waals surface area contributed by atoms with Gasteiger partial charge in [-0.3, -0.25) is 0 Å². The van der Waals surface area contributed by atoms with E-state index in [2.05, 4.69) is 0 Å². The van der Waals surface area contributed by atoms with Crippen molar-refractivity contribution in [3.05, 3.63) is 0 Å². The molecule has 1 fully saturated rings. The lowest BCUT2D eigenvalue weighted by molar-refractivity contribution is 0.198. The highest BCUT2D eigenvalue weighted by Crippen LogP contribution is 1.98. The van der Waals surface area contributed by atoms with Gasteiger partial charge in [-0.2, -0.15) is 0 Å². The number of ether oxygens (including phenoxy) is 1. The molecule has 0 atom stereocenters. The molecule has 0 bridgehead atoms. The van der Waals surface area contributed by atoms with Gasteiger partial charge in [-0.25, -0.2) is 0 Å². The second-order valence-corrected chi connectivity index (χ2v) is 1.32. The van der Waals surface area contributed by atoms with Crippen LogP contribution in [0.1, 0.15) is 12.8 Å². The topological polar surface area (TPSA) is 72.2 Å². The van der Waals surface area contributed by atoms with Crippen molar-refractivity contribution in [2.45, 2.75) is 12.8 Å². The molecule has 0 amide bonds. The van der Waals surface area contributed by atoms with Gasteiger partial charge >= 0.3 is 0 Å². The summed E-state index contributed by atoms with van der Waals surface area (Å²) < 4.78 is 4.94. The van der Waals surface area contributed by atoms with Crippen LogP contribution in [0.4, 0.5) is 0 Å². The molecule has 7 heavy (non-hydrogen) atoms. The predicted octanol–water partition coefficient (Wildman–Crippen LogP) is -0.853. The SMILES string of the molecule is C1CCOC1.O.O. The summed E-state index contributed by atoms with van der Waals surface area (Å²) >= 11 is 0. The molecule has 0 aromatic heterocycles. The standard InChI is InChI=1S/C4H8O.2H2O/c1-2-4-5-3-1;;/h1-4H2;2*1H2. The highest BCUT2D eigenvalue weighted by molar-refractivity contribution is 4.43. The van der Waals surface area contributed by atoms with Crippen LogP contribution in [0, 0.1) is 0 Å². The van der Waals surface area contributed by atoms with E-state index >= 15 is 0 Å². The Morgan fingerprint density at radius 3 is 1.43 bits per heavy atom. The molecule has 0 unspecified atom stereocenters. The summed E-state index contributed by atoms with van der Waals surface area (Å²) in [5.41, 5.74) is 0. The Balaban J connectivity index is 0. The Labute approximate surface area is 42.9 Å². The second-order valence-electron chi connectivity index (χ2n) is 1.32. The highest BCUT2D eigenvalue weighted by atomic mass is 16.5. The van der Waals surface area contributed by atoms with Crippen molar-refractivity contribution >= 4 is 0 Å². The van der Waals surface area contributed by atoms with E-state index in [1.54, 1.807) is 0 Å². The number of rotatable bonds is 0. The Morgan fingerprint density at radius 2 is 1.29 bits per heavy atom. The normalized spacial score (nSPS) is 17.1. The third-order valence-electron chi connectivity index (χ3n) is 0.827. The van der Waals surface area contributed by atoms with Crippen LogP contribution in [0.15, 0.2) is 0 Å². The van der Waals surface area contributed by atoms with Crippen LogP contribution in [0.25, 0.3) is 0 Å². The zero-order valence-corrected chi connectivity index (χ0v) is 4.24. The third-order valence-corrected chi connectivity index (χ3v) is 0.827. The summed E-state index contributed by atoms with van der Waals surface area (Å²) in [5.74, 6) is 0. The van der Waals surface area contributed by atoms with Crippen LogP contribution in [-0.2, 0) is 4.74 Å². The van der Waals surface area contributed by atoms with E-state index in [1.165, 1.54) is 12.8 Å². The van der Waals surface area contributed by atoms with Crippen molar-refractivity contribution in [3.63, 3.8) is 0 Å². The van der Waals surface area contributed by atoms with Crippen LogP contribution < -0.4 is 0 Å². The molecule has 0 aromatic rings. The minimum Gasteiger partial charge on any atom is -0.412 e. The Morgan fingerprint density at radius 1 is 0.857 bits per heavy atom. The van der Waals surface area contributed by atoms with Crippen LogP contribution >= 0.6 is 0 Å². The zero-order valence-electron chi connectivity index (χ0n) is 4.24. The summed E-state index contributed by atoms with van der Waals surface area (Å²) in [6, 6.07) is 0. The maximum atomic E-state index is 4.94. The van der Waals surface area contributed by atoms with Gasteiger partial charge in [-0.05, 0) is 12.8 Å². The molecule has 1 aliphatic heterocycles. The summed E-state index contributed by atoms with van der Waals surface area (Å²) in [6.45, 7) is 2.00. The molecule has 0 aromatic carbocycles. The van der Waals surface area contributed by atoms with E-state index in [-0.39, 0.29) is 11.0 Å². The van der Waals surface area contributed by atoms with Gasteiger partial charge in [-0.1, -0.05) is 0 Å². The number of hydrogen-bond acceptors (Lipinski definition) is 1. The molecule has 1 aliphatic rings. The molecular weight excluding hydrogens is 96.0 g/mol. The molecule has 1 saturated heterocycles. The second kappa shape index (κ2) is 5.88. The molecule has 0 saturated carbocycles. The smallest absolute Gasteiger partial charge is 0.0466 e. The van der Waals surface area contributed by atoms with E-state index in [0.717, 1.165) is 13.2 Å². The Hall–Kier alpha value is -0.120. The molecule has 0 radical (unpaired) electrons. The lowest BCUT2D eigenvalue weighted by atomic mass is 10.4. The molecule has 1 heterocycles. The molecule has 3 heteroatoms. The highest BCUT2D eigenvalue weighted by Gasteiger charge is 1.94. The summed E-state index contributed by atoms with van der Waals surface area (Å²) in [4.78, 5) is 0. The van der Waals surface area contributed by atoms with E-state index in [1.807, 2.05) is 0 Å². The maximum absolute atomic E-state index is 4.94. The van der Waals surface area contributed by atoms with Gasteiger partial charge in [0, 0.05) is 13.2 Å². The van der Waals surface area contributed by atoms with Crippen molar-refractivity contribution in [3.8, 4) is 0 Å². The minimum atomic E-state index is 0. The first-order valence-corrected chi connectivity index (χ1v) is 2.08. The fraction of sp³-hybridized carbons (Fsp3) is 1.00. The molecule has 0 spiro atoms. The molecule has 3 nitrogen and oxygen atoms in total. The largest absolute Gasteiger partial charge is 0.412 e. The molecule has 0 aliphatic carbocycles. The van der Waals surface area contributed by atoms with Crippen molar-refractivity contribution < 1.29 is 15.7 Å². The zero-order chi connectivity index (χ0) is 3.54. The molecule has 1 rings (SSSR count). The van der Waals surface area contributed by atoms with Crippen molar-refractivity contribution in [2.24, 2.45) is 0 Å². The maximum Gasteiger partial charge on any atom is 0.0466 e. The lowest BCUT2D eigenvalue weighted by Crippen LogP contribution is -1.74. The van der Waals surface area contributed by atoms with E-state index < -0.39 is 0 Å². The van der Waals surface area contributed by atoms with E-state index in [9.17, 15) is 0 Å². The summed E-state index contributed by atoms with van der Waals surface area (Å²) in [7, 11) is 0. The summed E-state index contributed by atoms with van der Waals surface area (Å²) in [6.07, 6.45) is 2.56. The van der Waals surface area contributed by atoms with Gasteiger partial charge in [0.2, 0.25) is 0 Å². The molecule has 46 valence electrons. The van der Waals surface area contributed by atoms with Gasteiger partial charge in [0.15, 0.2) is 0 Å². The van der Waals surface area contributed by atoms with Gasteiger partial charge < -0.3 is 15.7 Å². The fourth-order valence-electron chi connectivity index (χ4n) is 0.510. The van der Waals surface area contributed by atoms with E-state index in [0.29, 0.717) is 0 Å². The third kappa shape index (κ3) is 3.72. The van der Waals surface area contributed by atoms with Crippen LogP contribution in [0.2, 0.25) is 0 Å². The molecule has 4 N–H and O–H groups in total. The van der Waals surface area contributed by atoms with Gasteiger partial charge in [0.05, 0.1) is 0 Å². The molecular formula is C4H12O3. The van der Waals surface area contributed by atoms with Crippen LogP contribution in [0.3, 0.4) is 0 Å². The first-order chi connectivity index (χ1) is 2.50. The lowest BCUT2D eigenvalue weighted by Gasteiger charge is -1.76. The first kappa shape index (κ1) is 9.99. The Kier molecular flexibility index (Phi) is 8.39. The quantitative estimate of drug-likeness (QED) is 0.398. The van der Waals surface area contributed by atoms with Crippen molar-refractivity contribution in [2.75, 3.05) is 13.2 Å². The van der Waals surface area contributed by atoms with Crippen molar-refractivity contribution in [1.29, 1.82) is 0 Å². The van der Waals surface area contributed by atoms with Gasteiger partial charge in [-0.15, -0.1) is 0 Å². The predicted molar refractivity (Wildman–Crippen MR) is 27.3 cm³/mol. The Bertz CT molecular complexity index is 18.5. The van der Waals surface area contributed by atoms with Gasteiger partial charge in [0.25, 0.3) is 0 Å².